The molecule has 0 aliphatic carbocycles. The fraction of sp³-hybridized carbons (Fsp3) is 0.364. The Morgan fingerprint density at radius 1 is 1.50 bits per heavy atom. The molecular weight excluding hydrogens is 243 g/mol. The van der Waals surface area contributed by atoms with Crippen molar-refractivity contribution in [3.63, 3.8) is 0 Å². The largest absolute Gasteiger partial charge is 0.370 e. The number of hydrogen-bond donors (Lipinski definition) is 0. The molecule has 0 aromatic heterocycles. The molecule has 6 nitrogen and oxygen atoms in total. The highest BCUT2D eigenvalue weighted by Crippen LogP contribution is 2.21. The van der Waals surface area contributed by atoms with Crippen LogP contribution in [0.1, 0.15) is 5.56 Å². The summed E-state index contributed by atoms with van der Waals surface area (Å²) in [5, 5.41) is 10.6. The molecule has 96 valence electrons. The van der Waals surface area contributed by atoms with Gasteiger partial charge in [0.15, 0.2) is 0 Å². The summed E-state index contributed by atoms with van der Waals surface area (Å²) in [6.07, 6.45) is 0. The molecule has 1 fully saturated rings. The van der Waals surface area contributed by atoms with Crippen LogP contribution in [0, 0.1) is 15.9 Å². The summed E-state index contributed by atoms with van der Waals surface area (Å²) in [6, 6.07) is 3.94. The highest BCUT2D eigenvalue weighted by molar-refractivity contribution is 5.78. The third-order valence-electron chi connectivity index (χ3n) is 2.70. The Labute approximate surface area is 102 Å². The van der Waals surface area contributed by atoms with Gasteiger partial charge in [-0.1, -0.05) is 12.1 Å². The van der Waals surface area contributed by atoms with Crippen LogP contribution in [0.2, 0.25) is 0 Å². The highest BCUT2D eigenvalue weighted by atomic mass is 19.1. The Hall–Kier alpha value is -2.02. The van der Waals surface area contributed by atoms with Crippen LogP contribution in [0.5, 0.6) is 0 Å². The first kappa shape index (κ1) is 12.4. The van der Waals surface area contributed by atoms with Crippen LogP contribution in [-0.4, -0.2) is 35.5 Å². The van der Waals surface area contributed by atoms with Gasteiger partial charge in [-0.3, -0.25) is 14.9 Å². The molecule has 7 heteroatoms. The Morgan fingerprint density at radius 2 is 2.28 bits per heavy atom. The van der Waals surface area contributed by atoms with E-state index in [4.69, 9.17) is 4.74 Å². The number of amides is 1. The second-order valence-corrected chi connectivity index (χ2v) is 3.88. The summed E-state index contributed by atoms with van der Waals surface area (Å²) in [7, 11) is 0. The average Bonchev–Trinajstić information content (AvgIpc) is 2.34. The van der Waals surface area contributed by atoms with E-state index in [1.54, 1.807) is 0 Å². The monoisotopic (exact) mass is 254 g/mol. The zero-order valence-electron chi connectivity index (χ0n) is 9.47. The Morgan fingerprint density at radius 3 is 2.94 bits per heavy atom. The lowest BCUT2D eigenvalue weighted by molar-refractivity contribution is -0.387. The van der Waals surface area contributed by atoms with Crippen molar-refractivity contribution in [1.29, 1.82) is 0 Å². The lowest BCUT2D eigenvalue weighted by Crippen LogP contribution is -2.41. The van der Waals surface area contributed by atoms with Gasteiger partial charge in [-0.25, -0.2) is 0 Å². The molecule has 1 heterocycles. The van der Waals surface area contributed by atoms with Crippen molar-refractivity contribution in [3.05, 3.63) is 39.7 Å². The number of carbonyl (C=O) groups is 1. The summed E-state index contributed by atoms with van der Waals surface area (Å²) < 4.78 is 18.7. The van der Waals surface area contributed by atoms with Gasteiger partial charge < -0.3 is 9.64 Å². The number of hydrogen-bond acceptors (Lipinski definition) is 4. The van der Waals surface area contributed by atoms with Gasteiger partial charge in [-0.05, 0) is 0 Å². The second kappa shape index (κ2) is 5.09. The number of ether oxygens (including phenoxy) is 1. The quantitative estimate of drug-likeness (QED) is 0.598. The minimum Gasteiger partial charge on any atom is -0.370 e. The first-order valence-electron chi connectivity index (χ1n) is 5.37. The fourth-order valence-electron chi connectivity index (χ4n) is 1.75. The maximum atomic E-state index is 13.8. The van der Waals surface area contributed by atoms with Crippen molar-refractivity contribution in [2.75, 3.05) is 19.8 Å². The molecule has 1 aromatic carbocycles. The van der Waals surface area contributed by atoms with E-state index < -0.39 is 16.4 Å². The normalized spacial score (nSPS) is 15.8. The number of nitrogens with zero attached hydrogens (tertiary/aromatic N) is 2. The fourth-order valence-corrected chi connectivity index (χ4v) is 1.75. The molecule has 0 radical (unpaired) electrons. The minimum absolute atomic E-state index is 0.0235. The number of carbonyl (C=O) groups excluding carboxylic acids is 1. The zero-order chi connectivity index (χ0) is 13.1. The van der Waals surface area contributed by atoms with E-state index in [1.165, 1.54) is 17.0 Å². The molecular formula is C11H11FN2O4. The average molecular weight is 254 g/mol. The van der Waals surface area contributed by atoms with Crippen molar-refractivity contribution < 1.29 is 18.8 Å². The predicted molar refractivity (Wildman–Crippen MR) is 59.3 cm³/mol. The molecule has 0 N–H and O–H groups in total. The predicted octanol–water partition coefficient (Wildman–Crippen LogP) is 1.09. The molecule has 0 unspecified atom stereocenters. The van der Waals surface area contributed by atoms with Crippen LogP contribution in [0.25, 0.3) is 0 Å². The molecule has 1 aliphatic heterocycles. The Bertz CT molecular complexity index is 492. The third kappa shape index (κ3) is 2.45. The standard InChI is InChI=1S/C11H11FN2O4/c12-11-8(2-1-3-9(11)14(16)17)6-13-4-5-18-7-10(13)15/h1-3H,4-7H2. The molecule has 1 aliphatic rings. The van der Waals surface area contributed by atoms with Crippen LogP contribution in [0.3, 0.4) is 0 Å². The van der Waals surface area contributed by atoms with Crippen molar-refractivity contribution in [1.82, 2.24) is 4.90 Å². The summed E-state index contributed by atoms with van der Waals surface area (Å²) >= 11 is 0. The maximum absolute atomic E-state index is 13.8. The van der Waals surface area contributed by atoms with Crippen LogP contribution < -0.4 is 0 Å². The molecule has 0 atom stereocenters. The van der Waals surface area contributed by atoms with Crippen LogP contribution in [-0.2, 0) is 16.1 Å². The van der Waals surface area contributed by atoms with Gasteiger partial charge >= 0.3 is 5.69 Å². The molecule has 0 spiro atoms. The molecule has 1 saturated heterocycles. The van der Waals surface area contributed by atoms with E-state index in [-0.39, 0.29) is 24.6 Å². The summed E-state index contributed by atoms with van der Waals surface area (Å²) in [5.74, 6) is -1.13. The summed E-state index contributed by atoms with van der Waals surface area (Å²) in [5.41, 5.74) is -0.437. The number of morpholine rings is 1. The smallest absolute Gasteiger partial charge is 0.305 e. The zero-order valence-corrected chi connectivity index (χ0v) is 9.47. The Balaban J connectivity index is 2.21. The van der Waals surface area contributed by atoms with Gasteiger partial charge in [0.1, 0.15) is 6.61 Å². The van der Waals surface area contributed by atoms with E-state index in [9.17, 15) is 19.3 Å². The highest BCUT2D eigenvalue weighted by Gasteiger charge is 2.23. The van der Waals surface area contributed by atoms with Crippen molar-refractivity contribution in [2.45, 2.75) is 6.54 Å². The van der Waals surface area contributed by atoms with Gasteiger partial charge in [-0.15, -0.1) is 0 Å². The lowest BCUT2D eigenvalue weighted by atomic mass is 10.1. The third-order valence-corrected chi connectivity index (χ3v) is 2.70. The van der Waals surface area contributed by atoms with E-state index in [0.29, 0.717) is 13.2 Å². The minimum atomic E-state index is -0.887. The van der Waals surface area contributed by atoms with Crippen molar-refractivity contribution >= 4 is 11.6 Å². The van der Waals surface area contributed by atoms with E-state index in [0.717, 1.165) is 6.07 Å². The lowest BCUT2D eigenvalue weighted by Gasteiger charge is -2.26. The maximum Gasteiger partial charge on any atom is 0.305 e. The van der Waals surface area contributed by atoms with Crippen LogP contribution >= 0.6 is 0 Å². The number of rotatable bonds is 3. The molecule has 0 bridgehead atoms. The molecule has 1 amide bonds. The van der Waals surface area contributed by atoms with E-state index in [2.05, 4.69) is 0 Å². The number of nitro groups is 1. The molecule has 2 rings (SSSR count). The van der Waals surface area contributed by atoms with Crippen molar-refractivity contribution in [3.8, 4) is 0 Å². The van der Waals surface area contributed by atoms with E-state index >= 15 is 0 Å². The number of halogens is 1. The molecule has 0 saturated carbocycles. The van der Waals surface area contributed by atoms with Gasteiger partial charge in [0, 0.05) is 24.7 Å². The SMILES string of the molecule is O=C1COCCN1Cc1cccc([N+](=O)[O-])c1F. The number of nitro benzene ring substituents is 1. The first-order chi connectivity index (χ1) is 8.59. The van der Waals surface area contributed by atoms with Crippen molar-refractivity contribution in [2.24, 2.45) is 0 Å². The summed E-state index contributed by atoms with van der Waals surface area (Å²) in [6.45, 7) is 0.746. The van der Waals surface area contributed by atoms with E-state index in [1.807, 2.05) is 0 Å². The van der Waals surface area contributed by atoms with Gasteiger partial charge in [-0.2, -0.15) is 4.39 Å². The molecule has 1 aromatic rings. The van der Waals surface area contributed by atoms with Gasteiger partial charge in [0.25, 0.3) is 0 Å². The van der Waals surface area contributed by atoms with Crippen LogP contribution in [0.15, 0.2) is 18.2 Å². The molecule has 18 heavy (non-hydrogen) atoms. The first-order valence-corrected chi connectivity index (χ1v) is 5.37. The Kier molecular flexibility index (Phi) is 3.52. The van der Waals surface area contributed by atoms with Gasteiger partial charge in [0.05, 0.1) is 11.5 Å². The summed E-state index contributed by atoms with van der Waals surface area (Å²) in [4.78, 5) is 22.7. The number of benzene rings is 1. The van der Waals surface area contributed by atoms with Crippen LogP contribution in [0.4, 0.5) is 10.1 Å². The van der Waals surface area contributed by atoms with Gasteiger partial charge in [0.2, 0.25) is 11.7 Å². The second-order valence-electron chi connectivity index (χ2n) is 3.88. The topological polar surface area (TPSA) is 72.7 Å².